The third kappa shape index (κ3) is 8.23. The summed E-state index contributed by atoms with van der Waals surface area (Å²) in [4.78, 5) is 19.6. The second-order valence-corrected chi connectivity index (χ2v) is 11.7. The molecule has 5 aromatic rings. The van der Waals surface area contributed by atoms with Crippen molar-refractivity contribution in [2.24, 2.45) is 0 Å². The molecule has 0 radical (unpaired) electrons. The number of amides is 1. The molecule has 7 nitrogen and oxygen atoms in total. The normalized spacial score (nSPS) is 12.3. The lowest BCUT2D eigenvalue weighted by Crippen LogP contribution is -2.24. The summed E-state index contributed by atoms with van der Waals surface area (Å²) in [6, 6.07) is 28.7. The average Bonchev–Trinajstić information content (AvgIpc) is 3.73. The Morgan fingerprint density at radius 1 is 0.826 bits per heavy atom. The van der Waals surface area contributed by atoms with Gasteiger partial charge in [0.25, 0.3) is 5.91 Å². The topological polar surface area (TPSA) is 72.9 Å². The van der Waals surface area contributed by atoms with Crippen LogP contribution >= 0.6 is 11.3 Å². The number of rotatable bonds is 12. The molecular formula is C35H30F3N3O4S. The second kappa shape index (κ2) is 14.1. The van der Waals surface area contributed by atoms with Gasteiger partial charge in [-0.05, 0) is 58.7 Å². The fraction of sp³-hybridized carbons (Fsp3) is 0.200. The number of carbonyl (C=O) groups excluding carboxylic acids is 1. The van der Waals surface area contributed by atoms with Crippen molar-refractivity contribution in [1.29, 1.82) is 0 Å². The molecule has 0 bridgehead atoms. The summed E-state index contributed by atoms with van der Waals surface area (Å²) < 4.78 is 56.2. The minimum atomic E-state index is -4.45. The number of nitrogens with one attached hydrogen (secondary N) is 1. The highest BCUT2D eigenvalue weighted by atomic mass is 32.1. The fourth-order valence-corrected chi connectivity index (χ4v) is 5.78. The number of carbonyl (C=O) groups is 1. The number of benzene rings is 4. The standard InChI is InChI=1S/C35H30F3N3O4S/c36-35(37,38)28-8-4-7-26(15-28)17-39-34(42)30-22-46-33(40-30)20-41(19-27-11-14-31-32(16-27)45-23-44-31)18-24-9-12-29(13-10-24)43-21-25-5-2-1-3-6-25/h1-16,22H,17-21,23H2,(H,39,42). The lowest BCUT2D eigenvalue weighted by Gasteiger charge is -2.22. The van der Waals surface area contributed by atoms with Gasteiger partial charge in [0.15, 0.2) is 11.5 Å². The van der Waals surface area contributed by atoms with Crippen molar-refractivity contribution in [1.82, 2.24) is 15.2 Å². The molecule has 4 aromatic carbocycles. The quantitative estimate of drug-likeness (QED) is 0.151. The Bertz CT molecular complexity index is 1780. The first kappa shape index (κ1) is 31.1. The molecule has 2 heterocycles. The summed E-state index contributed by atoms with van der Waals surface area (Å²) >= 11 is 1.35. The van der Waals surface area contributed by atoms with E-state index in [1.54, 1.807) is 5.38 Å². The molecule has 0 spiro atoms. The number of nitrogens with zero attached hydrogens (tertiary/aromatic N) is 2. The van der Waals surface area contributed by atoms with Crippen molar-refractivity contribution in [3.05, 3.63) is 141 Å². The van der Waals surface area contributed by atoms with Crippen LogP contribution in [0.4, 0.5) is 13.2 Å². The summed E-state index contributed by atoms with van der Waals surface area (Å²) in [7, 11) is 0. The van der Waals surface area contributed by atoms with E-state index < -0.39 is 17.6 Å². The first-order chi connectivity index (χ1) is 22.3. The highest BCUT2D eigenvalue weighted by Crippen LogP contribution is 2.33. The van der Waals surface area contributed by atoms with Crippen molar-refractivity contribution in [2.45, 2.75) is 39.0 Å². The van der Waals surface area contributed by atoms with E-state index in [0.29, 0.717) is 43.3 Å². The number of aromatic nitrogens is 1. The molecule has 1 aliphatic heterocycles. The van der Waals surface area contributed by atoms with Crippen LogP contribution in [0.2, 0.25) is 0 Å². The molecular weight excluding hydrogens is 615 g/mol. The molecule has 1 aromatic heterocycles. The maximum Gasteiger partial charge on any atom is 0.416 e. The van der Waals surface area contributed by atoms with E-state index in [1.807, 2.05) is 72.8 Å². The molecule has 1 N–H and O–H groups in total. The summed E-state index contributed by atoms with van der Waals surface area (Å²) in [5, 5.41) is 5.07. The van der Waals surface area contributed by atoms with Gasteiger partial charge in [-0.15, -0.1) is 11.3 Å². The van der Waals surface area contributed by atoms with Crippen molar-refractivity contribution in [3.8, 4) is 17.2 Å². The minimum Gasteiger partial charge on any atom is -0.489 e. The lowest BCUT2D eigenvalue weighted by atomic mass is 10.1. The Hall–Kier alpha value is -4.87. The maximum atomic E-state index is 13.1. The molecule has 6 rings (SSSR count). The Morgan fingerprint density at radius 3 is 2.37 bits per heavy atom. The van der Waals surface area contributed by atoms with E-state index in [1.165, 1.54) is 23.5 Å². The van der Waals surface area contributed by atoms with Crippen LogP contribution in [0.15, 0.2) is 102 Å². The van der Waals surface area contributed by atoms with Crippen LogP contribution in [0.25, 0.3) is 0 Å². The highest BCUT2D eigenvalue weighted by molar-refractivity contribution is 7.09. The molecule has 0 saturated carbocycles. The zero-order valence-electron chi connectivity index (χ0n) is 24.6. The van der Waals surface area contributed by atoms with Gasteiger partial charge in [0.2, 0.25) is 6.79 Å². The van der Waals surface area contributed by atoms with Gasteiger partial charge in [-0.3, -0.25) is 9.69 Å². The van der Waals surface area contributed by atoms with Gasteiger partial charge in [0, 0.05) is 25.0 Å². The summed E-state index contributed by atoms with van der Waals surface area (Å²) in [5.74, 6) is 1.73. The number of thiazole rings is 1. The molecule has 0 saturated heterocycles. The van der Waals surface area contributed by atoms with E-state index in [9.17, 15) is 18.0 Å². The monoisotopic (exact) mass is 645 g/mol. The Labute approximate surface area is 268 Å². The third-order valence-electron chi connectivity index (χ3n) is 7.27. The Balaban J connectivity index is 1.11. The molecule has 0 fully saturated rings. The molecule has 0 atom stereocenters. The number of alkyl halides is 3. The first-order valence-electron chi connectivity index (χ1n) is 14.5. The van der Waals surface area contributed by atoms with E-state index in [2.05, 4.69) is 15.2 Å². The second-order valence-electron chi connectivity index (χ2n) is 10.8. The van der Waals surface area contributed by atoms with Gasteiger partial charge >= 0.3 is 6.18 Å². The van der Waals surface area contributed by atoms with Gasteiger partial charge in [-0.1, -0.05) is 60.7 Å². The van der Waals surface area contributed by atoms with Crippen LogP contribution in [0, 0.1) is 0 Å². The molecule has 0 unspecified atom stereocenters. The minimum absolute atomic E-state index is 0.0447. The summed E-state index contributed by atoms with van der Waals surface area (Å²) in [5.41, 5.74) is 3.01. The van der Waals surface area contributed by atoms with Gasteiger partial charge in [-0.25, -0.2) is 4.98 Å². The predicted octanol–water partition coefficient (Wildman–Crippen LogP) is 7.60. The average molecular weight is 646 g/mol. The summed E-state index contributed by atoms with van der Waals surface area (Å²) in [6.07, 6.45) is -4.45. The highest BCUT2D eigenvalue weighted by Gasteiger charge is 2.30. The number of halogens is 3. The van der Waals surface area contributed by atoms with Crippen LogP contribution < -0.4 is 19.5 Å². The smallest absolute Gasteiger partial charge is 0.416 e. The lowest BCUT2D eigenvalue weighted by molar-refractivity contribution is -0.137. The van der Waals surface area contributed by atoms with E-state index in [0.717, 1.165) is 39.6 Å². The Morgan fingerprint density at radius 2 is 1.57 bits per heavy atom. The molecule has 0 aliphatic carbocycles. The number of fused-ring (bicyclic) bond motifs is 1. The van der Waals surface area contributed by atoms with Crippen LogP contribution in [-0.4, -0.2) is 22.6 Å². The van der Waals surface area contributed by atoms with Crippen molar-refractivity contribution in [3.63, 3.8) is 0 Å². The summed E-state index contributed by atoms with van der Waals surface area (Å²) in [6.45, 7) is 2.28. The van der Waals surface area contributed by atoms with Crippen molar-refractivity contribution >= 4 is 17.2 Å². The van der Waals surface area contributed by atoms with Crippen LogP contribution in [0.1, 0.15) is 43.3 Å². The van der Waals surface area contributed by atoms with Crippen LogP contribution in [0.5, 0.6) is 17.2 Å². The van der Waals surface area contributed by atoms with E-state index >= 15 is 0 Å². The predicted molar refractivity (Wildman–Crippen MR) is 167 cm³/mol. The fourth-order valence-electron chi connectivity index (χ4n) is 4.96. The maximum absolute atomic E-state index is 13.1. The third-order valence-corrected chi connectivity index (χ3v) is 8.11. The van der Waals surface area contributed by atoms with Gasteiger partial charge in [-0.2, -0.15) is 13.2 Å². The van der Waals surface area contributed by atoms with E-state index in [-0.39, 0.29) is 19.0 Å². The molecule has 46 heavy (non-hydrogen) atoms. The SMILES string of the molecule is O=C(NCc1cccc(C(F)(F)F)c1)c1csc(CN(Cc2ccc(OCc3ccccc3)cc2)Cc2ccc3c(c2)OCO3)n1. The number of ether oxygens (including phenoxy) is 3. The zero-order chi connectivity index (χ0) is 31.9. The molecule has 11 heteroatoms. The van der Waals surface area contributed by atoms with Gasteiger partial charge in [0.1, 0.15) is 23.1 Å². The molecule has 236 valence electrons. The Kier molecular flexibility index (Phi) is 9.51. The van der Waals surface area contributed by atoms with E-state index in [4.69, 9.17) is 14.2 Å². The largest absolute Gasteiger partial charge is 0.489 e. The van der Waals surface area contributed by atoms with Gasteiger partial charge in [0.05, 0.1) is 12.1 Å². The molecule has 1 aliphatic rings. The van der Waals surface area contributed by atoms with Crippen molar-refractivity contribution in [2.75, 3.05) is 6.79 Å². The van der Waals surface area contributed by atoms with Crippen LogP contribution in [0.3, 0.4) is 0 Å². The number of hydrogen-bond acceptors (Lipinski definition) is 7. The van der Waals surface area contributed by atoms with Crippen molar-refractivity contribution < 1.29 is 32.2 Å². The zero-order valence-corrected chi connectivity index (χ0v) is 25.4. The first-order valence-corrected chi connectivity index (χ1v) is 15.4. The molecule has 1 amide bonds. The van der Waals surface area contributed by atoms with Crippen LogP contribution in [-0.2, 0) is 39.0 Å². The van der Waals surface area contributed by atoms with Gasteiger partial charge < -0.3 is 19.5 Å². The number of hydrogen-bond donors (Lipinski definition) is 1.